The molecule has 0 aliphatic rings. The molecular weight excluding hydrogens is 304 g/mol. The predicted molar refractivity (Wildman–Crippen MR) is 94.3 cm³/mol. The Hall–Kier alpha value is -3.15. The van der Waals surface area contributed by atoms with Crippen LogP contribution in [-0.2, 0) is 6.54 Å². The molecule has 0 saturated carbocycles. The van der Waals surface area contributed by atoms with Gasteiger partial charge in [0, 0.05) is 37.8 Å². The molecule has 0 bridgehead atoms. The molecule has 0 fully saturated rings. The molecule has 0 unspecified atom stereocenters. The highest BCUT2D eigenvalue weighted by atomic mass is 16.2. The number of pyridine rings is 2. The molecule has 2 N–H and O–H groups in total. The highest BCUT2D eigenvalue weighted by molar-refractivity contribution is 5.96. The molecule has 1 amide bonds. The molecule has 0 aliphatic heterocycles. The molecule has 3 rings (SSSR count). The van der Waals surface area contributed by atoms with Crippen molar-refractivity contribution in [2.24, 2.45) is 0 Å². The number of amides is 1. The number of anilines is 1. The normalized spacial score (nSPS) is 10.6. The SMILES string of the molecule is CN(C)c1ncccc1CNC(=O)c1cc2ccccc2c(=O)[nH]1. The summed E-state index contributed by atoms with van der Waals surface area (Å²) in [5.41, 5.74) is 0.876. The predicted octanol–water partition coefficient (Wildman–Crippen LogP) is 1.92. The minimum absolute atomic E-state index is 0.244. The number of fused-ring (bicyclic) bond motifs is 1. The quantitative estimate of drug-likeness (QED) is 0.769. The van der Waals surface area contributed by atoms with Crippen molar-refractivity contribution in [1.29, 1.82) is 0 Å². The van der Waals surface area contributed by atoms with Gasteiger partial charge in [0.05, 0.1) is 0 Å². The van der Waals surface area contributed by atoms with E-state index in [9.17, 15) is 9.59 Å². The molecule has 0 atom stereocenters. The van der Waals surface area contributed by atoms with Crippen molar-refractivity contribution in [3.63, 3.8) is 0 Å². The summed E-state index contributed by atoms with van der Waals surface area (Å²) in [7, 11) is 3.79. The standard InChI is InChI=1S/C18H18N4O2/c1-22(2)16-13(7-5-9-19-16)11-20-18(24)15-10-12-6-3-4-8-14(12)17(23)21-15/h3-10H,11H2,1-2H3,(H,20,24)(H,21,23). The van der Waals surface area contributed by atoms with Gasteiger partial charge in [0.1, 0.15) is 11.5 Å². The maximum atomic E-state index is 12.4. The van der Waals surface area contributed by atoms with Crippen LogP contribution in [0, 0.1) is 0 Å². The average Bonchev–Trinajstić information content (AvgIpc) is 2.59. The molecule has 0 saturated heterocycles. The van der Waals surface area contributed by atoms with Gasteiger partial charge in [0.2, 0.25) is 0 Å². The van der Waals surface area contributed by atoms with Gasteiger partial charge in [-0.1, -0.05) is 24.3 Å². The summed E-state index contributed by atoms with van der Waals surface area (Å²) in [5.74, 6) is 0.469. The van der Waals surface area contributed by atoms with Crippen LogP contribution < -0.4 is 15.8 Å². The van der Waals surface area contributed by atoms with E-state index in [0.717, 1.165) is 16.8 Å². The summed E-state index contributed by atoms with van der Waals surface area (Å²) in [5, 5.41) is 4.13. The van der Waals surface area contributed by atoms with Crippen LogP contribution in [0.25, 0.3) is 10.8 Å². The third-order valence-corrected chi connectivity index (χ3v) is 3.73. The minimum Gasteiger partial charge on any atom is -0.362 e. The average molecular weight is 322 g/mol. The van der Waals surface area contributed by atoms with E-state index in [1.54, 1.807) is 24.4 Å². The second kappa shape index (κ2) is 6.54. The molecule has 6 heteroatoms. The fourth-order valence-corrected chi connectivity index (χ4v) is 2.57. The van der Waals surface area contributed by atoms with Crippen LogP contribution in [0.15, 0.2) is 53.5 Å². The Labute approximate surface area is 139 Å². The van der Waals surface area contributed by atoms with E-state index >= 15 is 0 Å². The van der Waals surface area contributed by atoms with Crippen molar-refractivity contribution >= 4 is 22.5 Å². The molecule has 2 aromatic heterocycles. The Morgan fingerprint density at radius 3 is 2.79 bits per heavy atom. The van der Waals surface area contributed by atoms with E-state index in [1.807, 2.05) is 43.3 Å². The zero-order valence-corrected chi connectivity index (χ0v) is 13.5. The Morgan fingerprint density at radius 2 is 2.00 bits per heavy atom. The van der Waals surface area contributed by atoms with E-state index in [4.69, 9.17) is 0 Å². The molecule has 2 heterocycles. The summed E-state index contributed by atoms with van der Waals surface area (Å²) >= 11 is 0. The van der Waals surface area contributed by atoms with Crippen molar-refractivity contribution in [3.8, 4) is 0 Å². The molecule has 0 aliphatic carbocycles. The van der Waals surface area contributed by atoms with Crippen LogP contribution in [0.4, 0.5) is 5.82 Å². The number of nitrogens with zero attached hydrogens (tertiary/aromatic N) is 2. The van der Waals surface area contributed by atoms with Crippen LogP contribution >= 0.6 is 0 Å². The first kappa shape index (κ1) is 15.7. The molecule has 3 aromatic rings. The molecule has 6 nitrogen and oxygen atoms in total. The third-order valence-electron chi connectivity index (χ3n) is 3.73. The van der Waals surface area contributed by atoms with Gasteiger partial charge in [-0.2, -0.15) is 0 Å². The van der Waals surface area contributed by atoms with E-state index < -0.39 is 0 Å². The van der Waals surface area contributed by atoms with Crippen LogP contribution in [0.5, 0.6) is 0 Å². The lowest BCUT2D eigenvalue weighted by atomic mass is 10.1. The van der Waals surface area contributed by atoms with Crippen LogP contribution in [0.3, 0.4) is 0 Å². The number of hydrogen-bond donors (Lipinski definition) is 2. The fraction of sp³-hybridized carbons (Fsp3) is 0.167. The number of benzene rings is 1. The van der Waals surface area contributed by atoms with Gasteiger partial charge >= 0.3 is 0 Å². The minimum atomic E-state index is -0.327. The molecule has 0 radical (unpaired) electrons. The molecule has 0 spiro atoms. The van der Waals surface area contributed by atoms with Gasteiger partial charge in [0.25, 0.3) is 11.5 Å². The number of aromatic amines is 1. The van der Waals surface area contributed by atoms with Gasteiger partial charge < -0.3 is 15.2 Å². The van der Waals surface area contributed by atoms with E-state index in [-0.39, 0.29) is 17.2 Å². The van der Waals surface area contributed by atoms with Crippen molar-refractivity contribution in [3.05, 3.63) is 70.3 Å². The second-order valence-corrected chi connectivity index (χ2v) is 5.66. The van der Waals surface area contributed by atoms with Crippen LogP contribution in [0.2, 0.25) is 0 Å². The summed E-state index contributed by atoms with van der Waals surface area (Å²) in [4.78, 5) is 33.3. The second-order valence-electron chi connectivity index (χ2n) is 5.66. The maximum absolute atomic E-state index is 12.4. The van der Waals surface area contributed by atoms with Crippen LogP contribution in [-0.4, -0.2) is 30.0 Å². The zero-order valence-electron chi connectivity index (χ0n) is 13.5. The van der Waals surface area contributed by atoms with E-state index in [1.165, 1.54) is 0 Å². The monoisotopic (exact) mass is 322 g/mol. The highest BCUT2D eigenvalue weighted by Crippen LogP contribution is 2.14. The lowest BCUT2D eigenvalue weighted by Crippen LogP contribution is -2.27. The van der Waals surface area contributed by atoms with Gasteiger partial charge in [0.15, 0.2) is 0 Å². The number of carbonyl (C=O) groups excluding carboxylic acids is 1. The van der Waals surface area contributed by atoms with Crippen molar-refractivity contribution in [2.75, 3.05) is 19.0 Å². The van der Waals surface area contributed by atoms with Gasteiger partial charge in [-0.3, -0.25) is 9.59 Å². The lowest BCUT2D eigenvalue weighted by molar-refractivity contribution is 0.0946. The highest BCUT2D eigenvalue weighted by Gasteiger charge is 2.11. The van der Waals surface area contributed by atoms with Gasteiger partial charge in [-0.05, 0) is 23.6 Å². The van der Waals surface area contributed by atoms with Crippen molar-refractivity contribution in [2.45, 2.75) is 6.54 Å². The van der Waals surface area contributed by atoms with Gasteiger partial charge in [-0.15, -0.1) is 0 Å². The lowest BCUT2D eigenvalue weighted by Gasteiger charge is -2.16. The summed E-state index contributed by atoms with van der Waals surface area (Å²) < 4.78 is 0. The summed E-state index contributed by atoms with van der Waals surface area (Å²) in [6.07, 6.45) is 1.71. The zero-order chi connectivity index (χ0) is 17.1. The Morgan fingerprint density at radius 1 is 1.21 bits per heavy atom. The molecule has 1 aromatic carbocycles. The number of nitrogens with one attached hydrogen (secondary N) is 2. The first-order valence-electron chi connectivity index (χ1n) is 7.58. The van der Waals surface area contributed by atoms with Crippen molar-refractivity contribution in [1.82, 2.24) is 15.3 Å². The Balaban J connectivity index is 1.82. The molecule has 24 heavy (non-hydrogen) atoms. The van der Waals surface area contributed by atoms with E-state index in [2.05, 4.69) is 15.3 Å². The topological polar surface area (TPSA) is 78.1 Å². The maximum Gasteiger partial charge on any atom is 0.268 e. The number of carbonyl (C=O) groups is 1. The van der Waals surface area contributed by atoms with Gasteiger partial charge in [-0.25, -0.2) is 4.98 Å². The number of rotatable bonds is 4. The fourth-order valence-electron chi connectivity index (χ4n) is 2.57. The number of H-pyrrole nitrogens is 1. The first-order chi connectivity index (χ1) is 11.6. The van der Waals surface area contributed by atoms with Crippen LogP contribution in [0.1, 0.15) is 16.1 Å². The Bertz CT molecular complexity index is 947. The first-order valence-corrected chi connectivity index (χ1v) is 7.58. The number of hydrogen-bond acceptors (Lipinski definition) is 4. The molecular formula is C18H18N4O2. The number of aromatic nitrogens is 2. The summed E-state index contributed by atoms with van der Waals surface area (Å²) in [6.45, 7) is 0.328. The smallest absolute Gasteiger partial charge is 0.268 e. The largest absolute Gasteiger partial charge is 0.362 e. The Kier molecular flexibility index (Phi) is 4.29. The van der Waals surface area contributed by atoms with Crippen molar-refractivity contribution < 1.29 is 4.79 Å². The molecule has 122 valence electrons. The summed E-state index contributed by atoms with van der Waals surface area (Å²) in [6, 6.07) is 12.6. The third kappa shape index (κ3) is 3.12. The van der Waals surface area contributed by atoms with E-state index in [0.29, 0.717) is 11.9 Å².